The average molecular weight is 378 g/mol. The van der Waals surface area contributed by atoms with E-state index in [9.17, 15) is 9.59 Å². The first-order valence-corrected chi connectivity index (χ1v) is 8.80. The minimum absolute atomic E-state index is 0.220. The molecule has 0 saturated carbocycles. The molecule has 142 valence electrons. The van der Waals surface area contributed by atoms with E-state index in [1.54, 1.807) is 36.4 Å². The molecule has 28 heavy (non-hydrogen) atoms. The molecule has 1 atom stereocenters. The van der Waals surface area contributed by atoms with Gasteiger partial charge in [0.15, 0.2) is 17.3 Å². The molecule has 4 rings (SSSR count). The van der Waals surface area contributed by atoms with Crippen LogP contribution in [0.15, 0.2) is 71.3 Å². The van der Waals surface area contributed by atoms with Crippen LogP contribution in [0, 0.1) is 0 Å². The number of furan rings is 1. The lowest BCUT2D eigenvalue weighted by Crippen LogP contribution is -2.40. The number of carbonyl (C=O) groups is 2. The van der Waals surface area contributed by atoms with Gasteiger partial charge in [-0.3, -0.25) is 9.59 Å². The van der Waals surface area contributed by atoms with Crippen LogP contribution < -0.4 is 20.1 Å². The molecule has 1 aliphatic rings. The molecule has 2 heterocycles. The van der Waals surface area contributed by atoms with Gasteiger partial charge in [0.25, 0.3) is 11.8 Å². The fourth-order valence-electron chi connectivity index (χ4n) is 2.78. The first-order chi connectivity index (χ1) is 13.7. The molecule has 2 aromatic carbocycles. The number of nitrogens with one attached hydrogen (secondary N) is 2. The van der Waals surface area contributed by atoms with E-state index in [0.29, 0.717) is 35.9 Å². The van der Waals surface area contributed by atoms with E-state index in [-0.39, 0.29) is 23.7 Å². The van der Waals surface area contributed by atoms with Crippen LogP contribution in [0.25, 0.3) is 0 Å². The number of ether oxygens (including phenoxy) is 2. The number of benzene rings is 2. The number of para-hydroxylation sites is 2. The van der Waals surface area contributed by atoms with E-state index in [4.69, 9.17) is 13.9 Å². The Morgan fingerprint density at radius 3 is 2.46 bits per heavy atom. The molecule has 0 saturated heterocycles. The van der Waals surface area contributed by atoms with E-state index >= 15 is 0 Å². The molecule has 0 bridgehead atoms. The zero-order chi connectivity index (χ0) is 19.3. The summed E-state index contributed by atoms with van der Waals surface area (Å²) >= 11 is 0. The molecule has 0 unspecified atom stereocenters. The van der Waals surface area contributed by atoms with Crippen molar-refractivity contribution in [2.45, 2.75) is 6.10 Å². The van der Waals surface area contributed by atoms with Gasteiger partial charge in [0.1, 0.15) is 12.7 Å². The monoisotopic (exact) mass is 378 g/mol. The molecule has 0 spiro atoms. The number of hydrogen-bond donors (Lipinski definition) is 2. The van der Waals surface area contributed by atoms with Gasteiger partial charge in [-0.2, -0.15) is 0 Å². The van der Waals surface area contributed by atoms with Crippen molar-refractivity contribution in [3.05, 3.63) is 78.3 Å². The lowest BCUT2D eigenvalue weighted by molar-refractivity contribution is 0.0789. The van der Waals surface area contributed by atoms with Gasteiger partial charge >= 0.3 is 0 Å². The number of anilines is 1. The summed E-state index contributed by atoms with van der Waals surface area (Å²) in [4.78, 5) is 24.3. The van der Waals surface area contributed by atoms with E-state index in [2.05, 4.69) is 10.6 Å². The van der Waals surface area contributed by atoms with E-state index in [1.165, 1.54) is 6.26 Å². The highest BCUT2D eigenvalue weighted by Gasteiger charge is 2.21. The van der Waals surface area contributed by atoms with Crippen LogP contribution in [0.4, 0.5) is 5.69 Å². The molecule has 7 nitrogen and oxygen atoms in total. The van der Waals surface area contributed by atoms with Crippen molar-refractivity contribution >= 4 is 17.5 Å². The Hall–Kier alpha value is -3.74. The summed E-state index contributed by atoms with van der Waals surface area (Å²) in [5.41, 5.74) is 1.05. The van der Waals surface area contributed by atoms with Crippen molar-refractivity contribution in [1.29, 1.82) is 0 Å². The van der Waals surface area contributed by atoms with Crippen molar-refractivity contribution in [2.24, 2.45) is 0 Å². The molecular formula is C21H18N2O5. The van der Waals surface area contributed by atoms with Crippen LogP contribution in [0.2, 0.25) is 0 Å². The van der Waals surface area contributed by atoms with Crippen molar-refractivity contribution in [3.8, 4) is 11.5 Å². The summed E-state index contributed by atoms with van der Waals surface area (Å²) in [6.07, 6.45) is 1.17. The van der Waals surface area contributed by atoms with E-state index in [1.807, 2.05) is 24.3 Å². The summed E-state index contributed by atoms with van der Waals surface area (Å²) in [6, 6.07) is 17.2. The zero-order valence-electron chi connectivity index (χ0n) is 14.9. The van der Waals surface area contributed by atoms with E-state index < -0.39 is 0 Å². The van der Waals surface area contributed by atoms with Crippen LogP contribution >= 0.6 is 0 Å². The molecule has 7 heteroatoms. The molecule has 0 fully saturated rings. The molecule has 1 aliphatic heterocycles. The molecule has 2 amide bonds. The SMILES string of the molecule is O=C(NC[C@H]1COc2ccccc2O1)c1ccc(NC(=O)c2ccco2)cc1. The third-order valence-corrected chi connectivity index (χ3v) is 4.21. The number of carbonyl (C=O) groups excluding carboxylic acids is 2. The maximum absolute atomic E-state index is 12.3. The van der Waals surface area contributed by atoms with Gasteiger partial charge in [0.05, 0.1) is 12.8 Å². The number of rotatable bonds is 5. The zero-order valence-corrected chi connectivity index (χ0v) is 14.9. The van der Waals surface area contributed by atoms with Crippen LogP contribution in [-0.4, -0.2) is 31.1 Å². The quantitative estimate of drug-likeness (QED) is 0.712. The first kappa shape index (κ1) is 17.7. The van der Waals surface area contributed by atoms with Crippen molar-refractivity contribution in [2.75, 3.05) is 18.5 Å². The highest BCUT2D eigenvalue weighted by molar-refractivity contribution is 6.02. The van der Waals surface area contributed by atoms with Crippen molar-refractivity contribution in [1.82, 2.24) is 5.32 Å². The fraction of sp³-hybridized carbons (Fsp3) is 0.143. The first-order valence-electron chi connectivity index (χ1n) is 8.80. The Bertz CT molecular complexity index is 967. The second-order valence-electron chi connectivity index (χ2n) is 6.22. The standard InChI is InChI=1S/C21H18N2O5/c24-20(22-12-16-13-27-17-4-1-2-5-18(17)28-16)14-7-9-15(10-8-14)23-21(25)19-6-3-11-26-19/h1-11,16H,12-13H2,(H,22,24)(H,23,25)/t16-/m0/s1. The third-order valence-electron chi connectivity index (χ3n) is 4.21. The van der Waals surface area contributed by atoms with Crippen molar-refractivity contribution < 1.29 is 23.5 Å². The van der Waals surface area contributed by atoms with Gasteiger partial charge < -0.3 is 24.5 Å². The average Bonchev–Trinajstić information content (AvgIpc) is 3.27. The van der Waals surface area contributed by atoms with Gasteiger partial charge in [-0.15, -0.1) is 0 Å². The largest absolute Gasteiger partial charge is 0.486 e. The lowest BCUT2D eigenvalue weighted by atomic mass is 10.2. The molecular weight excluding hydrogens is 360 g/mol. The molecule has 3 aromatic rings. The third kappa shape index (κ3) is 3.98. The van der Waals surface area contributed by atoms with Crippen LogP contribution in [0.3, 0.4) is 0 Å². The predicted molar refractivity (Wildman–Crippen MR) is 102 cm³/mol. The van der Waals surface area contributed by atoms with Gasteiger partial charge in [-0.05, 0) is 48.5 Å². The second kappa shape index (κ2) is 7.87. The summed E-state index contributed by atoms with van der Waals surface area (Å²) in [5, 5.41) is 5.54. The van der Waals surface area contributed by atoms with Gasteiger partial charge in [0, 0.05) is 11.3 Å². The summed E-state index contributed by atoms with van der Waals surface area (Å²) in [5.74, 6) is 1.02. The van der Waals surface area contributed by atoms with Crippen LogP contribution in [-0.2, 0) is 0 Å². The van der Waals surface area contributed by atoms with Gasteiger partial charge in [-0.25, -0.2) is 0 Å². The lowest BCUT2D eigenvalue weighted by Gasteiger charge is -2.26. The van der Waals surface area contributed by atoms with Crippen LogP contribution in [0.1, 0.15) is 20.9 Å². The van der Waals surface area contributed by atoms with Crippen LogP contribution in [0.5, 0.6) is 11.5 Å². The smallest absolute Gasteiger partial charge is 0.291 e. The Kier molecular flexibility index (Phi) is 4.97. The molecule has 1 aromatic heterocycles. The summed E-state index contributed by atoms with van der Waals surface area (Å²) < 4.78 is 16.5. The Balaban J connectivity index is 1.30. The second-order valence-corrected chi connectivity index (χ2v) is 6.22. The minimum Gasteiger partial charge on any atom is -0.486 e. The Labute approximate surface area is 161 Å². The molecule has 2 N–H and O–H groups in total. The Morgan fingerprint density at radius 1 is 0.929 bits per heavy atom. The number of hydrogen-bond acceptors (Lipinski definition) is 5. The summed E-state index contributed by atoms with van der Waals surface area (Å²) in [6.45, 7) is 0.694. The molecule has 0 aliphatic carbocycles. The Morgan fingerprint density at radius 2 is 1.71 bits per heavy atom. The fourth-order valence-corrected chi connectivity index (χ4v) is 2.78. The topological polar surface area (TPSA) is 89.8 Å². The minimum atomic E-state index is -0.350. The van der Waals surface area contributed by atoms with E-state index in [0.717, 1.165) is 0 Å². The predicted octanol–water partition coefficient (Wildman–Crippen LogP) is 3.10. The number of fused-ring (bicyclic) bond motifs is 1. The molecule has 0 radical (unpaired) electrons. The van der Waals surface area contributed by atoms with Gasteiger partial charge in [0.2, 0.25) is 0 Å². The van der Waals surface area contributed by atoms with Crippen molar-refractivity contribution in [3.63, 3.8) is 0 Å². The summed E-state index contributed by atoms with van der Waals surface area (Å²) in [7, 11) is 0. The number of amides is 2. The highest BCUT2D eigenvalue weighted by atomic mass is 16.6. The maximum atomic E-state index is 12.3. The van der Waals surface area contributed by atoms with Gasteiger partial charge in [-0.1, -0.05) is 12.1 Å². The highest BCUT2D eigenvalue weighted by Crippen LogP contribution is 2.30. The normalized spacial score (nSPS) is 14.9. The maximum Gasteiger partial charge on any atom is 0.291 e.